The minimum absolute atomic E-state index is 0.0936. The van der Waals surface area contributed by atoms with Gasteiger partial charge < -0.3 is 25.3 Å². The molecular formula is C28H35ClN4O6. The molecule has 1 aliphatic rings. The molecule has 1 fully saturated rings. The number of nitrogens with one attached hydrogen (secondary N) is 2. The smallest absolute Gasteiger partial charge is 0.335 e. The number of carboxylic acid groups (broad SMARTS) is 1. The van der Waals surface area contributed by atoms with Gasteiger partial charge in [-0.2, -0.15) is 0 Å². The van der Waals surface area contributed by atoms with Gasteiger partial charge in [-0.05, 0) is 67.6 Å². The van der Waals surface area contributed by atoms with Crippen molar-refractivity contribution in [1.82, 2.24) is 15.5 Å². The van der Waals surface area contributed by atoms with Crippen molar-refractivity contribution in [2.75, 3.05) is 26.8 Å². The maximum atomic E-state index is 13.7. The molecule has 2 atom stereocenters. The summed E-state index contributed by atoms with van der Waals surface area (Å²) < 4.78 is 5.45. The van der Waals surface area contributed by atoms with Gasteiger partial charge in [-0.15, -0.1) is 0 Å². The maximum absolute atomic E-state index is 13.7. The average Bonchev–Trinajstić information content (AvgIpc) is 3.05. The van der Waals surface area contributed by atoms with Gasteiger partial charge >= 0.3 is 12.0 Å². The Labute approximate surface area is 233 Å². The number of oxime groups is 1. The number of benzene rings is 2. The van der Waals surface area contributed by atoms with Crippen LogP contribution in [0.15, 0.2) is 41.6 Å². The summed E-state index contributed by atoms with van der Waals surface area (Å²) in [6.45, 7) is 5.96. The monoisotopic (exact) mass is 558 g/mol. The first-order chi connectivity index (χ1) is 18.7. The number of amidine groups is 1. The zero-order chi connectivity index (χ0) is 28.5. The fourth-order valence-corrected chi connectivity index (χ4v) is 4.72. The highest BCUT2D eigenvalue weighted by Gasteiger charge is 2.35. The Kier molecular flexibility index (Phi) is 10.6. The quantitative estimate of drug-likeness (QED) is 0.365. The number of carbonyl (C=O) groups excluding carboxylic acids is 2. The van der Waals surface area contributed by atoms with E-state index in [1.807, 2.05) is 6.92 Å². The maximum Gasteiger partial charge on any atom is 0.335 e. The van der Waals surface area contributed by atoms with Gasteiger partial charge in [0.2, 0.25) is 5.91 Å². The number of aryl methyl sites for hydroxylation is 1. The lowest BCUT2D eigenvalue weighted by Crippen LogP contribution is -2.48. The van der Waals surface area contributed by atoms with Crippen molar-refractivity contribution in [3.63, 3.8) is 0 Å². The standard InChI is InChI=1S/C28H35ClN4O6/c1-5-7-23(18-8-10-22(27(35)36)17(3)12-18)31-28(37)33-16-25(32-39-6-2)30-15-20(26(33)34)13-19-14-21(29)9-11-24(19)38-4/h8-12,14,20,23H,5-7,13,15-16H2,1-4H3,(H,30,32)(H,31,37)(H,35,36)/t20-,23+/m0/s1. The molecular weight excluding hydrogens is 524 g/mol. The first-order valence-corrected chi connectivity index (χ1v) is 13.3. The van der Waals surface area contributed by atoms with Gasteiger partial charge in [0.15, 0.2) is 5.84 Å². The number of halogens is 1. The van der Waals surface area contributed by atoms with Crippen molar-refractivity contribution >= 4 is 35.3 Å². The number of rotatable bonds is 10. The molecule has 2 aromatic rings. The highest BCUT2D eigenvalue weighted by Crippen LogP contribution is 2.27. The van der Waals surface area contributed by atoms with Crippen LogP contribution in [0.2, 0.25) is 5.02 Å². The molecule has 0 unspecified atom stereocenters. The normalized spacial score (nSPS) is 17.3. The van der Waals surface area contributed by atoms with Crippen LogP contribution in [0, 0.1) is 12.8 Å². The fraction of sp³-hybridized carbons (Fsp3) is 0.429. The van der Waals surface area contributed by atoms with Crippen molar-refractivity contribution in [3.05, 3.63) is 63.7 Å². The van der Waals surface area contributed by atoms with Crippen LogP contribution in [0.3, 0.4) is 0 Å². The molecule has 210 valence electrons. The van der Waals surface area contributed by atoms with Gasteiger partial charge in [0.05, 0.1) is 31.2 Å². The van der Waals surface area contributed by atoms with E-state index in [2.05, 4.69) is 15.8 Å². The Balaban J connectivity index is 1.90. The first-order valence-electron chi connectivity index (χ1n) is 12.9. The Morgan fingerprint density at radius 2 is 2.03 bits per heavy atom. The Hall–Kier alpha value is -3.79. The summed E-state index contributed by atoms with van der Waals surface area (Å²) in [4.78, 5) is 45.1. The van der Waals surface area contributed by atoms with Crippen molar-refractivity contribution < 1.29 is 29.1 Å². The molecule has 1 aliphatic heterocycles. The number of urea groups is 1. The fourth-order valence-electron chi connectivity index (χ4n) is 4.52. The number of carbonyl (C=O) groups is 3. The molecule has 0 saturated carbocycles. The summed E-state index contributed by atoms with van der Waals surface area (Å²) in [6, 6.07) is 9.18. The lowest BCUT2D eigenvalue weighted by molar-refractivity contribution is -0.131. The van der Waals surface area contributed by atoms with E-state index in [1.54, 1.807) is 51.3 Å². The van der Waals surface area contributed by atoms with E-state index < -0.39 is 24.0 Å². The van der Waals surface area contributed by atoms with Crippen molar-refractivity contribution in [2.45, 2.75) is 46.1 Å². The zero-order valence-electron chi connectivity index (χ0n) is 22.6. The van der Waals surface area contributed by atoms with Crippen LogP contribution in [0.25, 0.3) is 0 Å². The highest BCUT2D eigenvalue weighted by molar-refractivity contribution is 6.30. The van der Waals surface area contributed by atoms with E-state index in [-0.39, 0.29) is 31.0 Å². The SMILES string of the molecule is CCC[C@@H](NC(=O)N1C/C(=N/OCC)NC[C@H](Cc2cc(Cl)ccc2OC)C1=O)c1ccc(C(=O)O)c(C)c1. The summed E-state index contributed by atoms with van der Waals surface area (Å²) in [6.07, 6.45) is 1.64. The van der Waals surface area contributed by atoms with Crippen LogP contribution in [-0.2, 0) is 16.1 Å². The lowest BCUT2D eigenvalue weighted by Gasteiger charge is -2.26. The third-order valence-electron chi connectivity index (χ3n) is 6.49. The Morgan fingerprint density at radius 3 is 2.67 bits per heavy atom. The summed E-state index contributed by atoms with van der Waals surface area (Å²) in [5, 5.41) is 20.1. The van der Waals surface area contributed by atoms with Crippen LogP contribution in [0.4, 0.5) is 4.79 Å². The van der Waals surface area contributed by atoms with Crippen LogP contribution >= 0.6 is 11.6 Å². The molecule has 0 aliphatic carbocycles. The first kappa shape index (κ1) is 29.8. The summed E-state index contributed by atoms with van der Waals surface area (Å²) in [5.41, 5.74) is 2.29. The number of nitrogens with zero attached hydrogens (tertiary/aromatic N) is 2. The molecule has 2 aromatic carbocycles. The van der Waals surface area contributed by atoms with Gasteiger partial charge in [-0.1, -0.05) is 42.2 Å². The van der Waals surface area contributed by atoms with E-state index in [4.69, 9.17) is 21.2 Å². The van der Waals surface area contributed by atoms with Gasteiger partial charge in [0.1, 0.15) is 12.4 Å². The summed E-state index contributed by atoms with van der Waals surface area (Å²) in [7, 11) is 1.55. The van der Waals surface area contributed by atoms with E-state index in [0.717, 1.165) is 22.4 Å². The molecule has 10 nitrogen and oxygen atoms in total. The van der Waals surface area contributed by atoms with Crippen LogP contribution in [-0.4, -0.2) is 60.6 Å². The van der Waals surface area contributed by atoms with E-state index in [0.29, 0.717) is 35.2 Å². The van der Waals surface area contributed by atoms with Crippen molar-refractivity contribution in [1.29, 1.82) is 0 Å². The number of ether oxygens (including phenoxy) is 1. The van der Waals surface area contributed by atoms with E-state index >= 15 is 0 Å². The van der Waals surface area contributed by atoms with Crippen LogP contribution < -0.4 is 15.4 Å². The molecule has 0 bridgehead atoms. The predicted octanol–water partition coefficient (Wildman–Crippen LogP) is 4.55. The largest absolute Gasteiger partial charge is 0.496 e. The third kappa shape index (κ3) is 7.63. The third-order valence-corrected chi connectivity index (χ3v) is 6.73. The minimum Gasteiger partial charge on any atom is -0.496 e. The number of imide groups is 1. The van der Waals surface area contributed by atoms with Gasteiger partial charge in [-0.3, -0.25) is 9.69 Å². The Bertz CT molecular complexity index is 1230. The summed E-state index contributed by atoms with van der Waals surface area (Å²) in [5.74, 6) is -1.05. The molecule has 3 amide bonds. The molecule has 1 saturated heterocycles. The Morgan fingerprint density at radius 1 is 1.26 bits per heavy atom. The zero-order valence-corrected chi connectivity index (χ0v) is 23.4. The molecule has 3 N–H and O–H groups in total. The number of carboxylic acids is 1. The second kappa shape index (κ2) is 13.8. The molecule has 0 radical (unpaired) electrons. The number of aromatic carboxylic acids is 1. The number of amides is 3. The van der Waals surface area contributed by atoms with Crippen LogP contribution in [0.5, 0.6) is 5.75 Å². The minimum atomic E-state index is -1.01. The summed E-state index contributed by atoms with van der Waals surface area (Å²) >= 11 is 6.20. The molecule has 39 heavy (non-hydrogen) atoms. The molecule has 11 heteroatoms. The number of methoxy groups -OCH3 is 1. The molecule has 1 heterocycles. The second-order valence-corrected chi connectivity index (χ2v) is 9.72. The number of hydrogen-bond donors (Lipinski definition) is 3. The van der Waals surface area contributed by atoms with Crippen molar-refractivity contribution in [2.24, 2.45) is 11.1 Å². The average molecular weight is 559 g/mol. The second-order valence-electron chi connectivity index (χ2n) is 9.29. The van der Waals surface area contributed by atoms with E-state index in [1.165, 1.54) is 6.07 Å². The topological polar surface area (TPSA) is 130 Å². The van der Waals surface area contributed by atoms with E-state index in [9.17, 15) is 19.5 Å². The highest BCUT2D eigenvalue weighted by atomic mass is 35.5. The molecule has 0 aromatic heterocycles. The molecule has 0 spiro atoms. The van der Waals surface area contributed by atoms with Gasteiger partial charge in [0, 0.05) is 11.6 Å². The lowest BCUT2D eigenvalue weighted by atomic mass is 9.97. The predicted molar refractivity (Wildman–Crippen MR) is 148 cm³/mol. The van der Waals surface area contributed by atoms with Crippen LogP contribution in [0.1, 0.15) is 59.8 Å². The molecule has 3 rings (SSSR count). The van der Waals surface area contributed by atoms with Gasteiger partial charge in [0.25, 0.3) is 0 Å². The van der Waals surface area contributed by atoms with Crippen molar-refractivity contribution in [3.8, 4) is 5.75 Å². The van der Waals surface area contributed by atoms with Gasteiger partial charge in [-0.25, -0.2) is 9.59 Å². The number of hydrogen-bond acceptors (Lipinski definition) is 6.